The van der Waals surface area contributed by atoms with Crippen LogP contribution in [0.3, 0.4) is 0 Å². The van der Waals surface area contributed by atoms with Gasteiger partial charge in [-0.2, -0.15) is 0 Å². The fourth-order valence-electron chi connectivity index (χ4n) is 1.17. The molecule has 0 aliphatic carbocycles. The highest BCUT2D eigenvalue weighted by molar-refractivity contribution is 6.28. The highest BCUT2D eigenvalue weighted by Gasteiger charge is 2.20. The second-order valence-corrected chi connectivity index (χ2v) is 3.75. The molecule has 0 bridgehead atoms. The molecule has 0 atom stereocenters. The highest BCUT2D eigenvalue weighted by Crippen LogP contribution is 2.22. The average Bonchev–Trinajstić information content (AvgIpc) is 2.01. The van der Waals surface area contributed by atoms with E-state index in [1.165, 1.54) is 0 Å². The van der Waals surface area contributed by atoms with E-state index in [-0.39, 0.29) is 5.28 Å². The number of aromatic nitrogens is 2. The van der Waals surface area contributed by atoms with Crippen molar-refractivity contribution >= 4 is 11.6 Å². The van der Waals surface area contributed by atoms with Crippen molar-refractivity contribution in [2.75, 3.05) is 0 Å². The Morgan fingerprint density at radius 1 is 1.54 bits per heavy atom. The van der Waals surface area contributed by atoms with Gasteiger partial charge in [0.15, 0.2) is 0 Å². The van der Waals surface area contributed by atoms with E-state index in [0.717, 1.165) is 17.7 Å². The molecule has 1 rings (SSSR count). The number of aliphatic hydroxyl groups is 1. The summed E-state index contributed by atoms with van der Waals surface area (Å²) in [4.78, 5) is 7.90. The van der Waals surface area contributed by atoms with Crippen molar-refractivity contribution in [2.45, 2.75) is 32.8 Å². The molecule has 0 spiro atoms. The van der Waals surface area contributed by atoms with Crippen LogP contribution in [0.25, 0.3) is 0 Å². The zero-order valence-electron chi connectivity index (χ0n) is 8.00. The van der Waals surface area contributed by atoms with E-state index in [0.29, 0.717) is 0 Å². The van der Waals surface area contributed by atoms with E-state index in [4.69, 9.17) is 11.6 Å². The molecule has 0 fully saturated rings. The number of rotatable bonds is 2. The number of halogens is 1. The minimum absolute atomic E-state index is 0.227. The standard InChI is InChI=1S/C9H13ClN2O/c1-4-7-6(9(2,3)13)5-11-8(10)12-7/h5,13H,4H2,1-3H3. The molecule has 1 heterocycles. The molecule has 0 saturated heterocycles. The number of hydrogen-bond acceptors (Lipinski definition) is 3. The second kappa shape index (κ2) is 3.60. The summed E-state index contributed by atoms with van der Waals surface area (Å²) in [5.41, 5.74) is 0.627. The second-order valence-electron chi connectivity index (χ2n) is 3.41. The lowest BCUT2D eigenvalue weighted by Gasteiger charge is -2.19. The number of nitrogens with zero attached hydrogens (tertiary/aromatic N) is 2. The van der Waals surface area contributed by atoms with Crippen LogP contribution in [0, 0.1) is 0 Å². The lowest BCUT2D eigenvalue weighted by Crippen LogP contribution is -2.19. The van der Waals surface area contributed by atoms with E-state index in [2.05, 4.69) is 9.97 Å². The van der Waals surface area contributed by atoms with Crippen molar-refractivity contribution < 1.29 is 5.11 Å². The van der Waals surface area contributed by atoms with Crippen molar-refractivity contribution in [1.82, 2.24) is 9.97 Å². The van der Waals surface area contributed by atoms with Crippen LogP contribution in [0.5, 0.6) is 0 Å². The van der Waals surface area contributed by atoms with Gasteiger partial charge >= 0.3 is 0 Å². The molecular weight excluding hydrogens is 188 g/mol. The topological polar surface area (TPSA) is 46.0 Å². The summed E-state index contributed by atoms with van der Waals surface area (Å²) in [6.45, 7) is 5.38. The zero-order valence-corrected chi connectivity index (χ0v) is 8.76. The van der Waals surface area contributed by atoms with Gasteiger partial charge in [0.1, 0.15) is 0 Å². The summed E-state index contributed by atoms with van der Waals surface area (Å²) < 4.78 is 0. The first-order valence-electron chi connectivity index (χ1n) is 4.19. The van der Waals surface area contributed by atoms with Gasteiger partial charge in [-0.25, -0.2) is 9.97 Å². The van der Waals surface area contributed by atoms with Crippen LogP contribution in [0.15, 0.2) is 6.20 Å². The molecule has 0 aromatic carbocycles. The zero-order chi connectivity index (χ0) is 10.1. The van der Waals surface area contributed by atoms with Crippen molar-refractivity contribution in [3.05, 3.63) is 22.7 Å². The van der Waals surface area contributed by atoms with Gasteiger partial charge in [-0.1, -0.05) is 6.92 Å². The predicted octanol–water partition coefficient (Wildman–Crippen LogP) is 1.92. The van der Waals surface area contributed by atoms with E-state index in [9.17, 15) is 5.11 Å². The Morgan fingerprint density at radius 2 is 2.15 bits per heavy atom. The maximum absolute atomic E-state index is 9.77. The minimum Gasteiger partial charge on any atom is -0.386 e. The molecule has 1 aromatic rings. The largest absolute Gasteiger partial charge is 0.386 e. The normalized spacial score (nSPS) is 11.8. The smallest absolute Gasteiger partial charge is 0.222 e. The van der Waals surface area contributed by atoms with Crippen molar-refractivity contribution in [3.8, 4) is 0 Å². The molecule has 0 saturated carbocycles. The van der Waals surface area contributed by atoms with Gasteiger partial charge in [-0.05, 0) is 31.9 Å². The van der Waals surface area contributed by atoms with Crippen LogP contribution in [0.4, 0.5) is 0 Å². The fourth-order valence-corrected chi connectivity index (χ4v) is 1.32. The number of hydrogen-bond donors (Lipinski definition) is 1. The summed E-state index contributed by atoms with van der Waals surface area (Å²) in [7, 11) is 0. The van der Waals surface area contributed by atoms with Gasteiger partial charge < -0.3 is 5.11 Å². The molecule has 1 aromatic heterocycles. The summed E-state index contributed by atoms with van der Waals surface area (Å²) >= 11 is 5.64. The summed E-state index contributed by atoms with van der Waals surface area (Å²) in [6, 6.07) is 0. The molecule has 0 aliphatic rings. The molecule has 0 radical (unpaired) electrons. The third-order valence-electron chi connectivity index (χ3n) is 1.83. The quantitative estimate of drug-likeness (QED) is 0.742. The van der Waals surface area contributed by atoms with Crippen LogP contribution >= 0.6 is 11.6 Å². The van der Waals surface area contributed by atoms with Crippen LogP contribution in [0.2, 0.25) is 5.28 Å². The Kier molecular flexibility index (Phi) is 2.88. The summed E-state index contributed by atoms with van der Waals surface area (Å²) in [5, 5.41) is 10.00. The maximum Gasteiger partial charge on any atom is 0.222 e. The summed E-state index contributed by atoms with van der Waals surface area (Å²) in [6.07, 6.45) is 2.32. The molecule has 0 aliphatic heterocycles. The third kappa shape index (κ3) is 2.39. The molecule has 13 heavy (non-hydrogen) atoms. The van der Waals surface area contributed by atoms with Gasteiger partial charge in [0.2, 0.25) is 5.28 Å². The maximum atomic E-state index is 9.77. The van der Waals surface area contributed by atoms with E-state index >= 15 is 0 Å². The van der Waals surface area contributed by atoms with Crippen molar-refractivity contribution in [3.63, 3.8) is 0 Å². The van der Waals surface area contributed by atoms with Crippen LogP contribution in [0.1, 0.15) is 32.0 Å². The molecule has 0 amide bonds. The highest BCUT2D eigenvalue weighted by atomic mass is 35.5. The van der Waals surface area contributed by atoms with Gasteiger partial charge in [0, 0.05) is 11.8 Å². The molecule has 4 heteroatoms. The van der Waals surface area contributed by atoms with E-state index in [1.54, 1.807) is 20.0 Å². The van der Waals surface area contributed by atoms with Gasteiger partial charge in [0.25, 0.3) is 0 Å². The first-order chi connectivity index (χ1) is 5.95. The molecule has 72 valence electrons. The van der Waals surface area contributed by atoms with Crippen LogP contribution in [-0.4, -0.2) is 15.1 Å². The van der Waals surface area contributed by atoms with E-state index < -0.39 is 5.60 Å². The first kappa shape index (κ1) is 10.4. The Hall–Kier alpha value is -0.670. The van der Waals surface area contributed by atoms with Gasteiger partial charge in [-0.15, -0.1) is 0 Å². The number of aryl methyl sites for hydroxylation is 1. The Morgan fingerprint density at radius 3 is 2.62 bits per heavy atom. The SMILES string of the molecule is CCc1nc(Cl)ncc1C(C)(C)O. The molecule has 0 unspecified atom stereocenters. The third-order valence-corrected chi connectivity index (χ3v) is 2.01. The lowest BCUT2D eigenvalue weighted by molar-refractivity contribution is 0.0768. The van der Waals surface area contributed by atoms with Crippen molar-refractivity contribution in [2.24, 2.45) is 0 Å². The predicted molar refractivity (Wildman–Crippen MR) is 51.7 cm³/mol. The van der Waals surface area contributed by atoms with Crippen molar-refractivity contribution in [1.29, 1.82) is 0 Å². The average molecular weight is 201 g/mol. The Balaban J connectivity index is 3.22. The first-order valence-corrected chi connectivity index (χ1v) is 4.57. The van der Waals surface area contributed by atoms with Crippen LogP contribution in [-0.2, 0) is 12.0 Å². The lowest BCUT2D eigenvalue weighted by atomic mass is 9.97. The molecule has 1 N–H and O–H groups in total. The summed E-state index contributed by atoms with van der Waals surface area (Å²) in [5.74, 6) is 0. The minimum atomic E-state index is -0.907. The fraction of sp³-hybridized carbons (Fsp3) is 0.556. The van der Waals surface area contributed by atoms with Crippen LogP contribution < -0.4 is 0 Å². The Labute approximate surface area is 82.8 Å². The van der Waals surface area contributed by atoms with Gasteiger partial charge in [0.05, 0.1) is 11.3 Å². The molecular formula is C9H13ClN2O. The van der Waals surface area contributed by atoms with Gasteiger partial charge in [-0.3, -0.25) is 0 Å². The molecule has 3 nitrogen and oxygen atoms in total. The Bertz CT molecular complexity index is 307. The van der Waals surface area contributed by atoms with E-state index in [1.807, 2.05) is 6.92 Å². The monoisotopic (exact) mass is 200 g/mol.